The zero-order valence-corrected chi connectivity index (χ0v) is 29.9. The first-order valence-electron chi connectivity index (χ1n) is 15.8. The highest BCUT2D eigenvalue weighted by Gasteiger charge is 2.35. The molecule has 48 heavy (non-hydrogen) atoms. The molecule has 1 atom stereocenters. The summed E-state index contributed by atoms with van der Waals surface area (Å²) in [6.07, 6.45) is 0.190. The van der Waals surface area contributed by atoms with E-state index in [4.69, 9.17) is 27.9 Å². The van der Waals surface area contributed by atoms with Gasteiger partial charge in [-0.15, -0.1) is 0 Å². The number of nitrogens with one attached hydrogen (secondary N) is 1. The molecule has 11 heteroatoms. The minimum atomic E-state index is -4.24. The van der Waals surface area contributed by atoms with E-state index >= 15 is 0 Å². The first-order chi connectivity index (χ1) is 22.9. The largest absolute Gasteiger partial charge is 0.494 e. The van der Waals surface area contributed by atoms with Crippen molar-refractivity contribution in [2.45, 2.75) is 51.6 Å². The summed E-state index contributed by atoms with van der Waals surface area (Å²) in [5.41, 5.74) is 2.54. The van der Waals surface area contributed by atoms with Crippen LogP contribution in [0, 0.1) is 12.8 Å². The summed E-state index contributed by atoms with van der Waals surface area (Å²) in [5, 5.41) is 3.72. The molecule has 0 aromatic heterocycles. The summed E-state index contributed by atoms with van der Waals surface area (Å²) < 4.78 is 35.1. The molecule has 254 valence electrons. The number of benzene rings is 4. The molecular weight excluding hydrogens is 669 g/mol. The number of nitrogens with zero attached hydrogens (tertiary/aromatic N) is 2. The minimum Gasteiger partial charge on any atom is -0.494 e. The van der Waals surface area contributed by atoms with Crippen molar-refractivity contribution < 1.29 is 22.7 Å². The zero-order chi connectivity index (χ0) is 34.8. The molecule has 1 N–H and O–H groups in total. The number of aryl methyl sites for hydroxylation is 1. The van der Waals surface area contributed by atoms with Crippen LogP contribution in [0.4, 0.5) is 5.69 Å². The van der Waals surface area contributed by atoms with Gasteiger partial charge in [0.05, 0.1) is 17.2 Å². The Kier molecular flexibility index (Phi) is 12.9. The number of halogens is 2. The van der Waals surface area contributed by atoms with E-state index in [1.165, 1.54) is 17.0 Å². The molecule has 2 amide bonds. The van der Waals surface area contributed by atoms with E-state index in [2.05, 4.69) is 5.32 Å². The molecule has 0 aliphatic carbocycles. The van der Waals surface area contributed by atoms with E-state index in [9.17, 15) is 18.0 Å². The third-order valence-corrected chi connectivity index (χ3v) is 10.0. The predicted molar refractivity (Wildman–Crippen MR) is 192 cm³/mol. The standard InChI is InChI=1S/C37H41Cl2N3O5S/c1-5-47-32-17-15-31(16-18-32)42(48(45,46)33-19-11-27(4)12-20-33)25-36(43)41(24-29-13-14-30(38)22-34(29)39)35(37(44)40-23-26(2)3)21-28-9-7-6-8-10-28/h6-20,22,26,35H,5,21,23-25H2,1-4H3,(H,40,44). The first-order valence-corrected chi connectivity index (χ1v) is 18.0. The summed E-state index contributed by atoms with van der Waals surface area (Å²) in [6.45, 7) is 7.86. The van der Waals surface area contributed by atoms with Crippen molar-refractivity contribution in [1.29, 1.82) is 0 Å². The molecule has 0 bridgehead atoms. The Morgan fingerprint density at radius 1 is 0.896 bits per heavy atom. The van der Waals surface area contributed by atoms with Gasteiger partial charge in [-0.1, -0.05) is 91.1 Å². The Morgan fingerprint density at radius 2 is 1.56 bits per heavy atom. The van der Waals surface area contributed by atoms with Crippen LogP contribution in [-0.4, -0.2) is 50.9 Å². The Hall–Kier alpha value is -4.05. The van der Waals surface area contributed by atoms with Crippen LogP contribution in [-0.2, 0) is 32.6 Å². The molecule has 8 nitrogen and oxygen atoms in total. The SMILES string of the molecule is CCOc1ccc(N(CC(=O)N(Cc2ccc(Cl)cc2Cl)C(Cc2ccccc2)C(=O)NCC(C)C)S(=O)(=O)c2ccc(C)cc2)cc1. The highest BCUT2D eigenvalue weighted by molar-refractivity contribution is 7.92. The molecule has 0 spiro atoms. The van der Waals surface area contributed by atoms with Crippen molar-refractivity contribution >= 4 is 50.7 Å². The lowest BCUT2D eigenvalue weighted by Crippen LogP contribution is -2.53. The number of amides is 2. The quantitative estimate of drug-likeness (QED) is 0.140. The molecule has 0 saturated carbocycles. The third-order valence-electron chi connectivity index (χ3n) is 7.63. The van der Waals surface area contributed by atoms with E-state index in [1.54, 1.807) is 54.6 Å². The van der Waals surface area contributed by atoms with Gasteiger partial charge in [-0.25, -0.2) is 8.42 Å². The van der Waals surface area contributed by atoms with Gasteiger partial charge in [0, 0.05) is 29.6 Å². The number of hydrogen-bond acceptors (Lipinski definition) is 5. The van der Waals surface area contributed by atoms with Crippen LogP contribution in [0.25, 0.3) is 0 Å². The van der Waals surface area contributed by atoms with Gasteiger partial charge in [0.2, 0.25) is 11.8 Å². The second-order valence-electron chi connectivity index (χ2n) is 11.9. The van der Waals surface area contributed by atoms with E-state index < -0.39 is 28.5 Å². The number of sulfonamides is 1. The third kappa shape index (κ3) is 9.75. The topological polar surface area (TPSA) is 96.0 Å². The molecule has 1 unspecified atom stereocenters. The summed E-state index contributed by atoms with van der Waals surface area (Å²) in [4.78, 5) is 30.0. The average molecular weight is 711 g/mol. The Morgan fingerprint density at radius 3 is 2.17 bits per heavy atom. The highest BCUT2D eigenvalue weighted by Crippen LogP contribution is 2.28. The number of rotatable bonds is 15. The van der Waals surface area contributed by atoms with Gasteiger partial charge in [0.1, 0.15) is 18.3 Å². The smallest absolute Gasteiger partial charge is 0.264 e. The summed E-state index contributed by atoms with van der Waals surface area (Å²) in [6, 6.07) is 26.2. The predicted octanol–water partition coefficient (Wildman–Crippen LogP) is 7.31. The fraction of sp³-hybridized carbons (Fsp3) is 0.297. The van der Waals surface area contributed by atoms with Crippen LogP contribution < -0.4 is 14.4 Å². The van der Waals surface area contributed by atoms with Gasteiger partial charge in [0.15, 0.2) is 0 Å². The fourth-order valence-corrected chi connectivity index (χ4v) is 6.93. The van der Waals surface area contributed by atoms with Crippen LogP contribution in [0.1, 0.15) is 37.5 Å². The van der Waals surface area contributed by atoms with Gasteiger partial charge in [0.25, 0.3) is 10.0 Å². The van der Waals surface area contributed by atoms with Crippen molar-refractivity contribution in [2.75, 3.05) is 24.0 Å². The fourth-order valence-electron chi connectivity index (χ4n) is 5.05. The van der Waals surface area contributed by atoms with Gasteiger partial charge < -0.3 is 15.0 Å². The molecule has 0 heterocycles. The number of ether oxygens (including phenoxy) is 1. The maximum absolute atomic E-state index is 14.6. The Bertz CT molecular complexity index is 1780. The van der Waals surface area contributed by atoms with Crippen molar-refractivity contribution in [2.24, 2.45) is 5.92 Å². The second kappa shape index (κ2) is 16.9. The average Bonchev–Trinajstić information content (AvgIpc) is 3.06. The van der Waals surface area contributed by atoms with E-state index in [-0.39, 0.29) is 35.4 Å². The van der Waals surface area contributed by atoms with Crippen LogP contribution in [0.5, 0.6) is 5.75 Å². The van der Waals surface area contributed by atoms with Crippen molar-refractivity contribution in [1.82, 2.24) is 10.2 Å². The van der Waals surface area contributed by atoms with E-state index in [1.807, 2.05) is 58.0 Å². The van der Waals surface area contributed by atoms with Crippen molar-refractivity contribution in [3.05, 3.63) is 124 Å². The van der Waals surface area contributed by atoms with Gasteiger partial charge >= 0.3 is 0 Å². The number of carbonyl (C=O) groups is 2. The lowest BCUT2D eigenvalue weighted by atomic mass is 10.0. The van der Waals surface area contributed by atoms with Crippen LogP contribution >= 0.6 is 23.2 Å². The lowest BCUT2D eigenvalue weighted by molar-refractivity contribution is -0.140. The molecule has 4 rings (SSSR count). The molecule has 0 aliphatic heterocycles. The van der Waals surface area contributed by atoms with Crippen LogP contribution in [0.2, 0.25) is 10.0 Å². The van der Waals surface area contributed by atoms with Gasteiger partial charge in [-0.2, -0.15) is 0 Å². The normalized spacial score (nSPS) is 12.0. The minimum absolute atomic E-state index is 0.0255. The van der Waals surface area contributed by atoms with E-state index in [0.29, 0.717) is 34.5 Å². The maximum Gasteiger partial charge on any atom is 0.264 e. The molecule has 0 fully saturated rings. The Labute approximate surface area is 293 Å². The van der Waals surface area contributed by atoms with Gasteiger partial charge in [-0.3, -0.25) is 13.9 Å². The van der Waals surface area contributed by atoms with Gasteiger partial charge in [-0.05, 0) is 79.4 Å². The number of carbonyl (C=O) groups excluding carboxylic acids is 2. The highest BCUT2D eigenvalue weighted by atomic mass is 35.5. The summed E-state index contributed by atoms with van der Waals surface area (Å²) >= 11 is 12.8. The van der Waals surface area contributed by atoms with Crippen LogP contribution in [0.3, 0.4) is 0 Å². The summed E-state index contributed by atoms with van der Waals surface area (Å²) in [7, 11) is -4.24. The second-order valence-corrected chi connectivity index (χ2v) is 14.6. The van der Waals surface area contributed by atoms with Crippen molar-refractivity contribution in [3.63, 3.8) is 0 Å². The zero-order valence-electron chi connectivity index (χ0n) is 27.5. The molecular formula is C37H41Cl2N3O5S. The Balaban J connectivity index is 1.82. The van der Waals surface area contributed by atoms with E-state index in [0.717, 1.165) is 15.4 Å². The maximum atomic E-state index is 14.6. The molecule has 0 aliphatic rings. The number of anilines is 1. The van der Waals surface area contributed by atoms with Crippen molar-refractivity contribution in [3.8, 4) is 5.75 Å². The molecule has 0 radical (unpaired) electrons. The summed E-state index contributed by atoms with van der Waals surface area (Å²) in [5.74, 6) is -0.230. The van der Waals surface area contributed by atoms with Crippen LogP contribution in [0.15, 0.2) is 102 Å². The lowest BCUT2D eigenvalue weighted by Gasteiger charge is -2.34. The molecule has 0 saturated heterocycles. The number of hydrogen-bond donors (Lipinski definition) is 1. The monoisotopic (exact) mass is 709 g/mol. The first kappa shape index (κ1) is 36.8. The molecule has 4 aromatic carbocycles. The molecule has 4 aromatic rings.